The zero-order valence-electron chi connectivity index (χ0n) is 17.5. The number of benzene rings is 3. The van der Waals surface area contributed by atoms with E-state index in [9.17, 15) is 24.6 Å². The summed E-state index contributed by atoms with van der Waals surface area (Å²) in [4.78, 5) is 0. The lowest BCUT2D eigenvalue weighted by atomic mass is 10.2. The molecule has 182 valence electrons. The highest BCUT2D eigenvalue weighted by Crippen LogP contribution is 2.30. The van der Waals surface area contributed by atoms with E-state index in [1.54, 1.807) is 24.3 Å². The summed E-state index contributed by atoms with van der Waals surface area (Å²) in [6, 6.07) is 16.9. The first-order valence-corrected chi connectivity index (χ1v) is 12.2. The molecule has 0 aliphatic heterocycles. The van der Waals surface area contributed by atoms with Crippen molar-refractivity contribution < 1.29 is 47.2 Å². The average molecular weight is 516 g/mol. The van der Waals surface area contributed by atoms with Crippen LogP contribution in [0.2, 0.25) is 0 Å². The van der Waals surface area contributed by atoms with Crippen molar-refractivity contribution >= 4 is 21.0 Å². The van der Waals surface area contributed by atoms with Gasteiger partial charge in [0, 0.05) is 5.56 Å². The summed E-state index contributed by atoms with van der Waals surface area (Å²) in [5, 5.41) is 0. The summed E-state index contributed by atoms with van der Waals surface area (Å²) in [6.07, 6.45) is -1.04. The van der Waals surface area contributed by atoms with Crippen LogP contribution in [0.25, 0.3) is 0 Å². The topological polar surface area (TPSA) is 114 Å². The van der Waals surface area contributed by atoms with Crippen LogP contribution in [0.5, 0.6) is 28.7 Å². The van der Waals surface area contributed by atoms with Gasteiger partial charge in [0.2, 0.25) is 0 Å². The molecule has 0 aromatic heterocycles. The molecule has 9 nitrogen and oxygen atoms in total. The largest absolute Gasteiger partial charge is 0.494 e. The maximum absolute atomic E-state index is 12.7. The van der Waals surface area contributed by atoms with Gasteiger partial charge in [0.05, 0.1) is 6.61 Å². The van der Waals surface area contributed by atoms with Crippen molar-refractivity contribution in [1.29, 1.82) is 0 Å². The Balaban J connectivity index is 1.82. The molecule has 0 saturated heterocycles. The SMILES string of the molecule is CCOc1ccc(C(Oc2ccc(OS(=O)(=O)F)cc2)Oc2ccc(OS(=O)(=O)F)cc2)cc1. The van der Waals surface area contributed by atoms with E-state index in [1.165, 1.54) is 48.5 Å². The van der Waals surface area contributed by atoms with Gasteiger partial charge >= 0.3 is 21.0 Å². The average Bonchev–Trinajstić information content (AvgIpc) is 2.75. The molecule has 13 heteroatoms. The second kappa shape index (κ2) is 10.6. The van der Waals surface area contributed by atoms with E-state index < -0.39 is 27.3 Å². The summed E-state index contributed by atoms with van der Waals surface area (Å²) in [5.74, 6) is 0.559. The van der Waals surface area contributed by atoms with Gasteiger partial charge < -0.3 is 22.6 Å². The van der Waals surface area contributed by atoms with Crippen molar-refractivity contribution in [3.8, 4) is 28.7 Å². The summed E-state index contributed by atoms with van der Waals surface area (Å²) in [5.41, 5.74) is 0.557. The minimum absolute atomic E-state index is 0.228. The molecule has 0 fully saturated rings. The summed E-state index contributed by atoms with van der Waals surface area (Å²) >= 11 is 0. The van der Waals surface area contributed by atoms with Gasteiger partial charge in [0.15, 0.2) is 0 Å². The minimum Gasteiger partial charge on any atom is -0.494 e. The number of hydrogen-bond donors (Lipinski definition) is 0. The molecule has 0 aliphatic rings. The summed E-state index contributed by atoms with van der Waals surface area (Å²) in [6.45, 7) is 2.31. The molecule has 0 bridgehead atoms. The molecule has 0 spiro atoms. The smallest absolute Gasteiger partial charge is 0.488 e. The lowest BCUT2D eigenvalue weighted by molar-refractivity contribution is 0.00372. The van der Waals surface area contributed by atoms with Crippen molar-refractivity contribution in [1.82, 2.24) is 0 Å². The molecule has 3 aromatic carbocycles. The van der Waals surface area contributed by atoms with Gasteiger partial charge in [0.1, 0.15) is 28.7 Å². The van der Waals surface area contributed by atoms with Gasteiger partial charge in [-0.1, -0.05) is 7.77 Å². The number of halogens is 2. The summed E-state index contributed by atoms with van der Waals surface area (Å²) < 4.78 is 93.2. The molecule has 0 radical (unpaired) electrons. The van der Waals surface area contributed by atoms with E-state index in [4.69, 9.17) is 14.2 Å². The third-order valence-corrected chi connectivity index (χ3v) is 4.77. The van der Waals surface area contributed by atoms with Gasteiger partial charge in [-0.05, 0) is 79.7 Å². The molecule has 3 aromatic rings. The Bertz CT molecular complexity index is 1210. The van der Waals surface area contributed by atoms with Crippen LogP contribution in [0.4, 0.5) is 7.77 Å². The number of hydrogen-bond acceptors (Lipinski definition) is 9. The maximum atomic E-state index is 12.7. The molecular formula is C21H18F2O9S2. The molecular weight excluding hydrogens is 498 g/mol. The minimum atomic E-state index is -5.17. The van der Waals surface area contributed by atoms with Crippen LogP contribution in [0.15, 0.2) is 72.8 Å². The van der Waals surface area contributed by atoms with Gasteiger partial charge in [-0.3, -0.25) is 0 Å². The zero-order valence-corrected chi connectivity index (χ0v) is 19.1. The van der Waals surface area contributed by atoms with E-state index in [0.29, 0.717) is 17.9 Å². The highest BCUT2D eigenvalue weighted by atomic mass is 32.3. The Hall–Kier alpha value is -3.58. The third-order valence-electron chi connectivity index (χ3n) is 3.99. The Morgan fingerprint density at radius 1 is 0.618 bits per heavy atom. The molecule has 0 unspecified atom stereocenters. The Labute approximate surface area is 195 Å². The van der Waals surface area contributed by atoms with Crippen molar-refractivity contribution in [2.75, 3.05) is 6.61 Å². The number of ether oxygens (including phenoxy) is 3. The van der Waals surface area contributed by atoms with E-state index in [0.717, 1.165) is 0 Å². The van der Waals surface area contributed by atoms with Crippen LogP contribution in [0.1, 0.15) is 18.8 Å². The predicted molar refractivity (Wildman–Crippen MR) is 116 cm³/mol. The van der Waals surface area contributed by atoms with Crippen LogP contribution in [0, 0.1) is 0 Å². The number of rotatable bonds is 11. The van der Waals surface area contributed by atoms with Crippen molar-refractivity contribution in [2.45, 2.75) is 13.2 Å². The standard InChI is InChI=1S/C21H18F2O9S2/c1-2-28-16-5-3-15(4-6-16)21(29-17-7-11-19(12-8-17)31-33(22,24)25)30-18-9-13-20(14-10-18)32-34(23,26)27/h3-14,21H,2H2,1H3. The Morgan fingerprint density at radius 2 is 0.971 bits per heavy atom. The van der Waals surface area contributed by atoms with Crippen LogP contribution >= 0.6 is 0 Å². The Morgan fingerprint density at radius 3 is 1.32 bits per heavy atom. The molecule has 0 atom stereocenters. The molecule has 0 heterocycles. The fraction of sp³-hybridized carbons (Fsp3) is 0.143. The fourth-order valence-corrected chi connectivity index (χ4v) is 3.35. The first-order chi connectivity index (χ1) is 16.0. The molecule has 34 heavy (non-hydrogen) atoms. The van der Waals surface area contributed by atoms with Crippen LogP contribution in [-0.2, 0) is 21.0 Å². The fourth-order valence-electron chi connectivity index (χ4n) is 2.67. The highest BCUT2D eigenvalue weighted by molar-refractivity contribution is 7.82. The molecule has 0 N–H and O–H groups in total. The molecule has 0 saturated carbocycles. The van der Waals surface area contributed by atoms with Crippen LogP contribution in [-0.4, -0.2) is 23.4 Å². The van der Waals surface area contributed by atoms with Gasteiger partial charge in [-0.25, -0.2) is 0 Å². The van der Waals surface area contributed by atoms with Gasteiger partial charge in [-0.2, -0.15) is 16.8 Å². The molecule has 3 rings (SSSR count). The Kier molecular flexibility index (Phi) is 7.79. The first-order valence-electron chi connectivity index (χ1n) is 9.55. The van der Waals surface area contributed by atoms with Crippen molar-refractivity contribution in [3.63, 3.8) is 0 Å². The first kappa shape index (κ1) is 25.1. The molecule has 0 aliphatic carbocycles. The quantitative estimate of drug-likeness (QED) is 0.270. The lowest BCUT2D eigenvalue weighted by Gasteiger charge is -2.21. The van der Waals surface area contributed by atoms with Gasteiger partial charge in [-0.15, -0.1) is 0 Å². The normalized spacial score (nSPS) is 11.6. The van der Waals surface area contributed by atoms with Crippen molar-refractivity contribution in [2.24, 2.45) is 0 Å². The van der Waals surface area contributed by atoms with E-state index in [1.807, 2.05) is 6.92 Å². The second-order valence-electron chi connectivity index (χ2n) is 6.47. The van der Waals surface area contributed by atoms with Crippen LogP contribution in [0.3, 0.4) is 0 Å². The third kappa shape index (κ3) is 8.08. The molecule has 0 amide bonds. The van der Waals surface area contributed by atoms with E-state index >= 15 is 0 Å². The van der Waals surface area contributed by atoms with Crippen molar-refractivity contribution in [3.05, 3.63) is 78.4 Å². The highest BCUT2D eigenvalue weighted by Gasteiger charge is 2.18. The zero-order chi connectivity index (χ0) is 24.8. The van der Waals surface area contributed by atoms with Crippen LogP contribution < -0.4 is 22.6 Å². The van der Waals surface area contributed by atoms with E-state index in [-0.39, 0.29) is 23.0 Å². The monoisotopic (exact) mass is 516 g/mol. The predicted octanol–water partition coefficient (Wildman–Crippen LogP) is 4.43. The lowest BCUT2D eigenvalue weighted by Crippen LogP contribution is -2.15. The van der Waals surface area contributed by atoms with E-state index in [2.05, 4.69) is 8.37 Å². The second-order valence-corrected chi connectivity index (χ2v) is 8.37. The van der Waals surface area contributed by atoms with Gasteiger partial charge in [0.25, 0.3) is 6.29 Å². The maximum Gasteiger partial charge on any atom is 0.488 e. The summed E-state index contributed by atoms with van der Waals surface area (Å²) in [7, 11) is -10.3.